The summed E-state index contributed by atoms with van der Waals surface area (Å²) >= 11 is 7.44. The van der Waals surface area contributed by atoms with E-state index in [0.717, 1.165) is 28.7 Å². The summed E-state index contributed by atoms with van der Waals surface area (Å²) in [4.78, 5) is 28.7. The Hall–Kier alpha value is -2.64. The highest BCUT2D eigenvalue weighted by atomic mass is 35.5. The number of carbonyl (C=O) groups excluding carboxylic acids is 2. The van der Waals surface area contributed by atoms with Crippen LogP contribution in [0.2, 0.25) is 5.02 Å². The molecule has 0 fully saturated rings. The topological polar surface area (TPSA) is 77.5 Å². The number of amides is 1. The molecule has 1 N–H and O–H groups in total. The molecule has 6 nitrogen and oxygen atoms in total. The number of esters is 1. The van der Waals surface area contributed by atoms with Crippen LogP contribution in [-0.4, -0.2) is 30.1 Å². The molecule has 0 atom stereocenters. The van der Waals surface area contributed by atoms with Gasteiger partial charge in [0.15, 0.2) is 11.7 Å². The van der Waals surface area contributed by atoms with E-state index in [1.165, 1.54) is 11.3 Å². The second-order valence-electron chi connectivity index (χ2n) is 6.90. The number of carbonyl (C=O) groups is 2. The zero-order chi connectivity index (χ0) is 21.7. The first-order valence-electron chi connectivity index (χ1n) is 9.64. The molecule has 0 radical (unpaired) electrons. The van der Waals surface area contributed by atoms with Crippen molar-refractivity contribution in [2.24, 2.45) is 0 Å². The monoisotopic (exact) mass is 446 g/mol. The van der Waals surface area contributed by atoms with Gasteiger partial charge in [0.05, 0.1) is 22.4 Å². The number of unbranched alkanes of at least 4 members (excludes halogenated alkanes) is 1. The molecule has 1 heterocycles. The molecule has 0 spiro atoms. The average molecular weight is 447 g/mol. The first kappa shape index (κ1) is 22.1. The fraction of sp³-hybridized carbons (Fsp3) is 0.318. The number of halogens is 1. The van der Waals surface area contributed by atoms with Crippen LogP contribution in [-0.2, 0) is 9.53 Å². The van der Waals surface area contributed by atoms with E-state index in [2.05, 4.69) is 10.3 Å². The summed E-state index contributed by atoms with van der Waals surface area (Å²) in [6.45, 7) is 6.07. The van der Waals surface area contributed by atoms with Crippen LogP contribution in [0.5, 0.6) is 5.75 Å². The fourth-order valence-electron chi connectivity index (χ4n) is 2.79. The van der Waals surface area contributed by atoms with Crippen LogP contribution < -0.4 is 10.1 Å². The number of fused-ring (bicyclic) bond motifs is 1. The number of hydrogen-bond acceptors (Lipinski definition) is 6. The van der Waals surface area contributed by atoms with Gasteiger partial charge in [-0.2, -0.15) is 0 Å². The molecule has 0 aliphatic rings. The zero-order valence-electron chi connectivity index (χ0n) is 17.1. The lowest BCUT2D eigenvalue weighted by atomic mass is 10.1. The average Bonchev–Trinajstić information content (AvgIpc) is 3.11. The minimum absolute atomic E-state index is 0.147. The zero-order valence-corrected chi connectivity index (χ0v) is 18.7. The highest BCUT2D eigenvalue weighted by molar-refractivity contribution is 7.22. The van der Waals surface area contributed by atoms with Crippen molar-refractivity contribution < 1.29 is 19.1 Å². The number of thiazole rings is 1. The van der Waals surface area contributed by atoms with E-state index in [0.29, 0.717) is 33.6 Å². The number of ether oxygens (including phenoxy) is 2. The smallest absolute Gasteiger partial charge is 0.338 e. The molecular formula is C22H23ClN2O4S. The van der Waals surface area contributed by atoms with Crippen LogP contribution >= 0.6 is 22.9 Å². The third kappa shape index (κ3) is 5.49. The molecule has 158 valence electrons. The maximum atomic E-state index is 12.3. The third-order valence-corrected chi connectivity index (χ3v) is 5.91. The van der Waals surface area contributed by atoms with Gasteiger partial charge >= 0.3 is 5.97 Å². The molecule has 2 aromatic carbocycles. The predicted molar refractivity (Wildman–Crippen MR) is 120 cm³/mol. The van der Waals surface area contributed by atoms with Gasteiger partial charge in [-0.15, -0.1) is 0 Å². The van der Waals surface area contributed by atoms with Crippen molar-refractivity contribution in [3.05, 3.63) is 52.0 Å². The Morgan fingerprint density at radius 1 is 1.17 bits per heavy atom. The lowest BCUT2D eigenvalue weighted by Gasteiger charge is -2.09. The Morgan fingerprint density at radius 2 is 1.90 bits per heavy atom. The van der Waals surface area contributed by atoms with Crippen LogP contribution in [0.3, 0.4) is 0 Å². The van der Waals surface area contributed by atoms with Gasteiger partial charge in [0.25, 0.3) is 5.91 Å². The van der Waals surface area contributed by atoms with Gasteiger partial charge in [-0.3, -0.25) is 10.1 Å². The number of benzene rings is 2. The molecule has 8 heteroatoms. The normalized spacial score (nSPS) is 10.8. The summed E-state index contributed by atoms with van der Waals surface area (Å²) in [5, 5.41) is 3.87. The summed E-state index contributed by atoms with van der Waals surface area (Å²) in [6.07, 6.45) is 1.80. The minimum Gasteiger partial charge on any atom is -0.484 e. The Labute approximate surface area is 184 Å². The van der Waals surface area contributed by atoms with E-state index in [4.69, 9.17) is 21.1 Å². The van der Waals surface area contributed by atoms with Crippen molar-refractivity contribution in [3.8, 4) is 5.75 Å². The van der Waals surface area contributed by atoms with Gasteiger partial charge < -0.3 is 9.47 Å². The van der Waals surface area contributed by atoms with E-state index in [1.807, 2.05) is 20.8 Å². The van der Waals surface area contributed by atoms with Gasteiger partial charge in [0.1, 0.15) is 5.75 Å². The molecule has 1 amide bonds. The number of aryl methyl sites for hydroxylation is 2. The Morgan fingerprint density at radius 3 is 2.60 bits per heavy atom. The number of rotatable bonds is 8. The van der Waals surface area contributed by atoms with Crippen LogP contribution in [0.4, 0.5) is 5.13 Å². The molecule has 30 heavy (non-hydrogen) atoms. The van der Waals surface area contributed by atoms with Crippen molar-refractivity contribution >= 4 is 50.2 Å². The number of anilines is 1. The molecular weight excluding hydrogens is 424 g/mol. The highest BCUT2D eigenvalue weighted by Crippen LogP contribution is 2.28. The van der Waals surface area contributed by atoms with E-state index in [1.54, 1.807) is 30.3 Å². The van der Waals surface area contributed by atoms with Crippen molar-refractivity contribution in [1.29, 1.82) is 0 Å². The Bertz CT molecular complexity index is 1060. The van der Waals surface area contributed by atoms with E-state index in [-0.39, 0.29) is 18.5 Å². The Kier molecular flexibility index (Phi) is 7.29. The summed E-state index contributed by atoms with van der Waals surface area (Å²) in [5.74, 6) is -0.0927. The minimum atomic E-state index is -0.355. The maximum absolute atomic E-state index is 12.3. The SMILES string of the molecule is CCCCOC(=O)c1ccc2nc(NC(=O)COc3cc(C)c(Cl)c(C)c3)sc2c1. The summed E-state index contributed by atoms with van der Waals surface area (Å²) in [7, 11) is 0. The van der Waals surface area contributed by atoms with Crippen LogP contribution in [0.15, 0.2) is 30.3 Å². The van der Waals surface area contributed by atoms with Gasteiger partial charge in [-0.25, -0.2) is 9.78 Å². The van der Waals surface area contributed by atoms with Crippen molar-refractivity contribution in [3.63, 3.8) is 0 Å². The molecule has 3 aromatic rings. The first-order chi connectivity index (χ1) is 14.4. The van der Waals surface area contributed by atoms with Crippen LogP contribution in [0.1, 0.15) is 41.3 Å². The van der Waals surface area contributed by atoms with Crippen molar-refractivity contribution in [1.82, 2.24) is 4.98 Å². The van der Waals surface area contributed by atoms with Crippen molar-refractivity contribution in [2.45, 2.75) is 33.6 Å². The van der Waals surface area contributed by atoms with Gasteiger partial charge in [0, 0.05) is 5.02 Å². The lowest BCUT2D eigenvalue weighted by Crippen LogP contribution is -2.20. The number of hydrogen-bond donors (Lipinski definition) is 1. The van der Waals surface area contributed by atoms with Gasteiger partial charge in [0.2, 0.25) is 0 Å². The molecule has 1 aromatic heterocycles. The second-order valence-corrected chi connectivity index (χ2v) is 8.31. The first-order valence-corrected chi connectivity index (χ1v) is 10.8. The number of nitrogens with one attached hydrogen (secondary N) is 1. The molecule has 0 aliphatic heterocycles. The van der Waals surface area contributed by atoms with Crippen molar-refractivity contribution in [2.75, 3.05) is 18.5 Å². The molecule has 0 bridgehead atoms. The molecule has 0 aliphatic carbocycles. The summed E-state index contributed by atoms with van der Waals surface area (Å²) in [6, 6.07) is 8.74. The third-order valence-electron chi connectivity index (χ3n) is 4.38. The number of nitrogens with zero attached hydrogens (tertiary/aromatic N) is 1. The van der Waals surface area contributed by atoms with E-state index < -0.39 is 0 Å². The van der Waals surface area contributed by atoms with E-state index in [9.17, 15) is 9.59 Å². The Balaban J connectivity index is 1.61. The standard InChI is InChI=1S/C22H23ClN2O4S/c1-4-5-8-28-21(27)15-6-7-17-18(11-15)30-22(24-17)25-19(26)12-29-16-9-13(2)20(23)14(3)10-16/h6-7,9-11H,4-5,8,12H2,1-3H3,(H,24,25,26). The summed E-state index contributed by atoms with van der Waals surface area (Å²) in [5.41, 5.74) is 2.95. The van der Waals surface area contributed by atoms with Crippen LogP contribution in [0, 0.1) is 13.8 Å². The van der Waals surface area contributed by atoms with E-state index >= 15 is 0 Å². The molecule has 3 rings (SSSR count). The lowest BCUT2D eigenvalue weighted by molar-refractivity contribution is -0.118. The molecule has 0 saturated carbocycles. The maximum Gasteiger partial charge on any atom is 0.338 e. The fourth-order valence-corrected chi connectivity index (χ4v) is 3.82. The van der Waals surface area contributed by atoms with Gasteiger partial charge in [-0.1, -0.05) is 36.3 Å². The number of aromatic nitrogens is 1. The highest BCUT2D eigenvalue weighted by Gasteiger charge is 2.13. The quantitative estimate of drug-likeness (QED) is 0.363. The van der Waals surface area contributed by atoms with Gasteiger partial charge in [-0.05, 0) is 61.7 Å². The predicted octanol–water partition coefficient (Wildman–Crippen LogP) is 5.54. The molecule has 0 saturated heterocycles. The summed E-state index contributed by atoms with van der Waals surface area (Å²) < 4.78 is 11.6. The molecule has 0 unspecified atom stereocenters. The second kappa shape index (κ2) is 9.91. The largest absolute Gasteiger partial charge is 0.484 e. The van der Waals surface area contributed by atoms with Crippen LogP contribution in [0.25, 0.3) is 10.2 Å².